The molecule has 0 bridgehead atoms. The third-order valence-electron chi connectivity index (χ3n) is 3.80. The third-order valence-corrected chi connectivity index (χ3v) is 4.82. The Morgan fingerprint density at radius 1 is 1.00 bits per heavy atom. The lowest BCUT2D eigenvalue weighted by atomic mass is 10.2. The van der Waals surface area contributed by atoms with Gasteiger partial charge in [0.25, 0.3) is 0 Å². The Balaban J connectivity index is 1.79. The molecule has 0 fully saturated rings. The van der Waals surface area contributed by atoms with Crippen LogP contribution in [0.15, 0.2) is 41.4 Å². The van der Waals surface area contributed by atoms with Gasteiger partial charge in [0, 0.05) is 17.9 Å². The van der Waals surface area contributed by atoms with Gasteiger partial charge in [-0.2, -0.15) is 0 Å². The first-order valence-electron chi connectivity index (χ1n) is 7.96. The Kier molecular flexibility index (Phi) is 5.68. The lowest BCUT2D eigenvalue weighted by Crippen LogP contribution is -2.09. The van der Waals surface area contributed by atoms with Crippen molar-refractivity contribution in [3.8, 4) is 23.0 Å². The monoisotopic (exact) mass is 373 g/mol. The molecule has 0 aliphatic carbocycles. The van der Waals surface area contributed by atoms with E-state index in [1.807, 2.05) is 12.1 Å². The number of aliphatic imine (C=N–C) groups is 1. The van der Waals surface area contributed by atoms with Crippen LogP contribution < -0.4 is 18.9 Å². The van der Waals surface area contributed by atoms with Crippen LogP contribution in [0.25, 0.3) is 0 Å². The molecule has 0 spiro atoms. The van der Waals surface area contributed by atoms with E-state index in [1.165, 1.54) is 21.3 Å². The lowest BCUT2D eigenvalue weighted by molar-refractivity contribution is 0.0734. The van der Waals surface area contributed by atoms with E-state index in [2.05, 4.69) is 4.99 Å². The Labute approximate surface area is 156 Å². The third kappa shape index (κ3) is 3.77. The van der Waals surface area contributed by atoms with Crippen molar-refractivity contribution in [1.29, 1.82) is 0 Å². The number of ether oxygens (including phenoxy) is 4. The number of nitrogens with zero attached hydrogens (tertiary/aromatic N) is 1. The molecule has 3 rings (SSSR count). The van der Waals surface area contributed by atoms with Gasteiger partial charge in [0.15, 0.2) is 11.5 Å². The van der Waals surface area contributed by atoms with E-state index in [1.54, 1.807) is 36.0 Å². The number of rotatable bonds is 6. The van der Waals surface area contributed by atoms with Crippen molar-refractivity contribution in [1.82, 2.24) is 0 Å². The summed E-state index contributed by atoms with van der Waals surface area (Å²) in [5.74, 6) is 2.16. The number of benzene rings is 2. The van der Waals surface area contributed by atoms with E-state index in [4.69, 9.17) is 18.9 Å². The molecule has 0 N–H and O–H groups in total. The van der Waals surface area contributed by atoms with E-state index in [-0.39, 0.29) is 0 Å². The van der Waals surface area contributed by atoms with Gasteiger partial charge in [0.05, 0.1) is 31.9 Å². The maximum Gasteiger partial charge on any atom is 0.343 e. The Morgan fingerprint density at radius 3 is 2.15 bits per heavy atom. The van der Waals surface area contributed by atoms with Crippen LogP contribution in [-0.4, -0.2) is 44.6 Å². The highest BCUT2D eigenvalue weighted by molar-refractivity contribution is 8.14. The van der Waals surface area contributed by atoms with Gasteiger partial charge in [0.2, 0.25) is 5.75 Å². The van der Waals surface area contributed by atoms with Crippen molar-refractivity contribution < 1.29 is 23.7 Å². The summed E-state index contributed by atoms with van der Waals surface area (Å²) in [6.07, 6.45) is 0. The molecule has 0 unspecified atom stereocenters. The second kappa shape index (κ2) is 8.14. The van der Waals surface area contributed by atoms with Gasteiger partial charge in [-0.15, -0.1) is 11.8 Å². The van der Waals surface area contributed by atoms with Crippen molar-refractivity contribution in [3.05, 3.63) is 47.5 Å². The quantitative estimate of drug-likeness (QED) is 0.571. The fourth-order valence-corrected chi connectivity index (χ4v) is 3.40. The molecular weight excluding hydrogens is 354 g/mol. The zero-order valence-corrected chi connectivity index (χ0v) is 15.6. The minimum absolute atomic E-state index is 0.305. The second-order valence-electron chi connectivity index (χ2n) is 5.36. The molecule has 1 aliphatic rings. The summed E-state index contributed by atoms with van der Waals surface area (Å²) in [5.41, 5.74) is 1.33. The predicted octanol–water partition coefficient (Wildman–Crippen LogP) is 3.43. The van der Waals surface area contributed by atoms with Crippen LogP contribution in [0.2, 0.25) is 0 Å². The average molecular weight is 373 g/mol. The topological polar surface area (TPSA) is 66.4 Å². The molecule has 0 amide bonds. The number of hydrogen-bond donors (Lipinski definition) is 0. The first kappa shape index (κ1) is 18.1. The number of thioether (sulfide) groups is 1. The molecule has 26 heavy (non-hydrogen) atoms. The van der Waals surface area contributed by atoms with Crippen molar-refractivity contribution in [2.75, 3.05) is 33.6 Å². The van der Waals surface area contributed by atoms with Crippen LogP contribution in [0.3, 0.4) is 0 Å². The lowest BCUT2D eigenvalue weighted by Gasteiger charge is -2.13. The van der Waals surface area contributed by atoms with Crippen LogP contribution >= 0.6 is 11.8 Å². The standard InChI is InChI=1S/C19H19NO5S/c1-22-15-10-13(11-16(23-2)17(15)24-3)19(21)25-14-6-4-12(5-7-14)18-20-8-9-26-18/h4-7,10-11H,8-9H2,1-3H3. The second-order valence-corrected chi connectivity index (χ2v) is 6.45. The van der Waals surface area contributed by atoms with Crippen LogP contribution in [0.4, 0.5) is 0 Å². The Bertz CT molecular complexity index is 807. The van der Waals surface area contributed by atoms with E-state index in [0.29, 0.717) is 28.6 Å². The number of hydrogen-bond acceptors (Lipinski definition) is 7. The summed E-state index contributed by atoms with van der Waals surface area (Å²) >= 11 is 1.73. The summed E-state index contributed by atoms with van der Waals surface area (Å²) in [4.78, 5) is 16.9. The smallest absolute Gasteiger partial charge is 0.343 e. The normalized spacial score (nSPS) is 13.1. The van der Waals surface area contributed by atoms with E-state index in [9.17, 15) is 4.79 Å². The first-order valence-corrected chi connectivity index (χ1v) is 8.94. The zero-order chi connectivity index (χ0) is 18.5. The highest BCUT2D eigenvalue weighted by Crippen LogP contribution is 2.38. The van der Waals surface area contributed by atoms with Gasteiger partial charge in [0.1, 0.15) is 5.75 Å². The van der Waals surface area contributed by atoms with Crippen molar-refractivity contribution in [3.63, 3.8) is 0 Å². The van der Waals surface area contributed by atoms with Gasteiger partial charge < -0.3 is 18.9 Å². The number of carbonyl (C=O) groups excluding carboxylic acids is 1. The molecule has 136 valence electrons. The Morgan fingerprint density at radius 2 is 1.65 bits per heavy atom. The van der Waals surface area contributed by atoms with Crippen molar-refractivity contribution in [2.45, 2.75) is 0 Å². The van der Waals surface area contributed by atoms with E-state index >= 15 is 0 Å². The SMILES string of the molecule is COc1cc(C(=O)Oc2ccc(C3=NCCS3)cc2)cc(OC)c1OC. The molecule has 0 radical (unpaired) electrons. The molecule has 7 heteroatoms. The fraction of sp³-hybridized carbons (Fsp3) is 0.263. The largest absolute Gasteiger partial charge is 0.493 e. The average Bonchev–Trinajstić information content (AvgIpc) is 3.22. The minimum Gasteiger partial charge on any atom is -0.493 e. The predicted molar refractivity (Wildman–Crippen MR) is 101 cm³/mol. The highest BCUT2D eigenvalue weighted by atomic mass is 32.2. The van der Waals surface area contributed by atoms with Crippen LogP contribution in [0.1, 0.15) is 15.9 Å². The molecule has 1 heterocycles. The van der Waals surface area contributed by atoms with Gasteiger partial charge in [-0.25, -0.2) is 4.79 Å². The molecule has 0 saturated carbocycles. The van der Waals surface area contributed by atoms with Gasteiger partial charge in [-0.05, 0) is 36.4 Å². The molecule has 2 aromatic rings. The van der Waals surface area contributed by atoms with Crippen LogP contribution in [0, 0.1) is 0 Å². The minimum atomic E-state index is -0.510. The summed E-state index contributed by atoms with van der Waals surface area (Å²) in [7, 11) is 4.50. The number of carbonyl (C=O) groups is 1. The number of esters is 1. The van der Waals surface area contributed by atoms with Crippen LogP contribution in [-0.2, 0) is 0 Å². The van der Waals surface area contributed by atoms with Gasteiger partial charge >= 0.3 is 5.97 Å². The summed E-state index contributed by atoms with van der Waals surface area (Å²) < 4.78 is 21.2. The fourth-order valence-electron chi connectivity index (χ4n) is 2.54. The molecule has 0 saturated heterocycles. The van der Waals surface area contributed by atoms with Crippen LogP contribution in [0.5, 0.6) is 23.0 Å². The summed E-state index contributed by atoms with van der Waals surface area (Å²) in [5, 5.41) is 1.02. The zero-order valence-electron chi connectivity index (χ0n) is 14.8. The maximum absolute atomic E-state index is 12.5. The Hall–Kier alpha value is -2.67. The van der Waals surface area contributed by atoms with E-state index in [0.717, 1.165) is 22.9 Å². The van der Waals surface area contributed by atoms with Gasteiger partial charge in [-0.1, -0.05) is 0 Å². The van der Waals surface area contributed by atoms with E-state index < -0.39 is 5.97 Å². The van der Waals surface area contributed by atoms with Gasteiger partial charge in [-0.3, -0.25) is 4.99 Å². The highest BCUT2D eigenvalue weighted by Gasteiger charge is 2.18. The maximum atomic E-state index is 12.5. The molecule has 0 atom stereocenters. The summed E-state index contributed by atoms with van der Waals surface area (Å²) in [6, 6.07) is 10.4. The number of methoxy groups -OCH3 is 3. The molecule has 2 aromatic carbocycles. The van der Waals surface area contributed by atoms with Crippen molar-refractivity contribution >= 4 is 22.8 Å². The summed E-state index contributed by atoms with van der Waals surface area (Å²) in [6.45, 7) is 0.845. The molecule has 1 aliphatic heterocycles. The molecular formula is C19H19NO5S. The first-order chi connectivity index (χ1) is 12.7. The molecule has 6 nitrogen and oxygen atoms in total. The van der Waals surface area contributed by atoms with Crippen molar-refractivity contribution in [2.24, 2.45) is 4.99 Å². The molecule has 0 aromatic heterocycles.